The third kappa shape index (κ3) is 3.87. The lowest BCUT2D eigenvalue weighted by molar-refractivity contribution is -0.116. The number of ketones is 1. The van der Waals surface area contributed by atoms with Gasteiger partial charge in [0.15, 0.2) is 17.3 Å². The maximum absolute atomic E-state index is 13.0. The number of nitriles is 1. The molecule has 0 spiro atoms. The highest BCUT2D eigenvalue weighted by Gasteiger charge is 2.39. The SMILES string of the molecule is COc1cc([C@@H]2C(C#N)=C(N)N(C)C3=C2C(=O)CCC3)cc(Br)c1OCc1ccccc1. The predicted molar refractivity (Wildman–Crippen MR) is 125 cm³/mol. The van der Waals surface area contributed by atoms with Gasteiger partial charge in [0.1, 0.15) is 12.4 Å². The molecule has 1 aliphatic carbocycles. The van der Waals surface area contributed by atoms with Gasteiger partial charge in [-0.25, -0.2) is 0 Å². The zero-order valence-corrected chi connectivity index (χ0v) is 19.6. The normalized spacial score (nSPS) is 18.4. The minimum atomic E-state index is -0.535. The molecule has 0 radical (unpaired) electrons. The average molecular weight is 494 g/mol. The van der Waals surface area contributed by atoms with E-state index in [0.717, 1.165) is 29.7 Å². The first-order valence-electron chi connectivity index (χ1n) is 10.4. The molecule has 0 unspecified atom stereocenters. The molecule has 2 N–H and O–H groups in total. The number of allylic oxidation sites excluding steroid dienone is 3. The van der Waals surface area contributed by atoms with Gasteiger partial charge in [-0.05, 0) is 52.0 Å². The molecule has 32 heavy (non-hydrogen) atoms. The molecule has 0 aromatic heterocycles. The molecular formula is C25H24BrN3O3. The topological polar surface area (TPSA) is 88.6 Å². The van der Waals surface area contributed by atoms with Gasteiger partial charge < -0.3 is 20.1 Å². The lowest BCUT2D eigenvalue weighted by atomic mass is 9.76. The number of nitrogens with zero attached hydrogens (tertiary/aromatic N) is 2. The Kier molecular flexibility index (Phi) is 6.24. The molecule has 0 saturated carbocycles. The van der Waals surface area contributed by atoms with E-state index in [2.05, 4.69) is 22.0 Å². The first-order chi connectivity index (χ1) is 15.5. The van der Waals surface area contributed by atoms with Crippen LogP contribution in [-0.4, -0.2) is 24.8 Å². The molecule has 0 fully saturated rings. The summed E-state index contributed by atoms with van der Waals surface area (Å²) < 4.78 is 12.4. The second kappa shape index (κ2) is 9.09. The Balaban J connectivity index is 1.78. The van der Waals surface area contributed by atoms with Gasteiger partial charge >= 0.3 is 0 Å². The summed E-state index contributed by atoms with van der Waals surface area (Å²) in [6.45, 7) is 0.382. The summed E-state index contributed by atoms with van der Waals surface area (Å²) in [6.07, 6.45) is 2.01. The third-order valence-electron chi connectivity index (χ3n) is 5.98. The Morgan fingerprint density at radius 2 is 2.00 bits per heavy atom. The number of halogens is 1. The summed E-state index contributed by atoms with van der Waals surface area (Å²) in [7, 11) is 3.38. The number of hydrogen-bond donors (Lipinski definition) is 1. The molecule has 2 aromatic carbocycles. The van der Waals surface area contributed by atoms with Gasteiger partial charge in [-0.2, -0.15) is 5.26 Å². The van der Waals surface area contributed by atoms with Gasteiger partial charge in [-0.3, -0.25) is 4.79 Å². The molecule has 2 aliphatic rings. The van der Waals surface area contributed by atoms with Crippen molar-refractivity contribution >= 4 is 21.7 Å². The lowest BCUT2D eigenvalue weighted by Crippen LogP contribution is -2.36. The molecular weight excluding hydrogens is 470 g/mol. The smallest absolute Gasteiger partial charge is 0.175 e. The van der Waals surface area contributed by atoms with Crippen LogP contribution in [0, 0.1) is 11.3 Å². The summed E-state index contributed by atoms with van der Waals surface area (Å²) in [4.78, 5) is 14.7. The molecule has 7 heteroatoms. The zero-order valence-electron chi connectivity index (χ0n) is 18.0. The maximum Gasteiger partial charge on any atom is 0.175 e. The fraction of sp³-hybridized carbons (Fsp3) is 0.280. The molecule has 6 nitrogen and oxygen atoms in total. The van der Waals surface area contributed by atoms with Crippen LogP contribution in [0.25, 0.3) is 0 Å². The number of Topliss-reactive ketones (excluding diaryl/α,β-unsaturated/α-hetero) is 1. The quantitative estimate of drug-likeness (QED) is 0.645. The van der Waals surface area contributed by atoms with Crippen LogP contribution in [0.5, 0.6) is 11.5 Å². The molecule has 0 bridgehead atoms. The number of benzene rings is 2. The number of carbonyl (C=O) groups excluding carboxylic acids is 1. The summed E-state index contributed by atoms with van der Waals surface area (Å²) >= 11 is 3.60. The predicted octanol–water partition coefficient (Wildman–Crippen LogP) is 4.77. The standard InChI is InChI=1S/C25H24BrN3O3/c1-29-19-9-6-10-20(30)23(19)22(17(13-27)25(29)28)16-11-18(26)24(21(12-16)31-2)32-14-15-7-4-3-5-8-15/h3-5,7-8,11-12,22H,6,9-10,14,28H2,1-2H3/t22-/m1/s1. The maximum atomic E-state index is 13.0. The van der Waals surface area contributed by atoms with E-state index >= 15 is 0 Å². The highest BCUT2D eigenvalue weighted by Crippen LogP contribution is 2.47. The molecule has 1 heterocycles. The summed E-state index contributed by atoms with van der Waals surface area (Å²) in [5, 5.41) is 9.93. The molecule has 164 valence electrons. The Morgan fingerprint density at radius 3 is 2.69 bits per heavy atom. The Hall–Kier alpha value is -3.24. The van der Waals surface area contributed by atoms with Crippen molar-refractivity contribution in [3.8, 4) is 17.6 Å². The number of carbonyl (C=O) groups is 1. The van der Waals surface area contributed by atoms with Crippen LogP contribution in [0.1, 0.15) is 36.3 Å². The summed E-state index contributed by atoms with van der Waals surface area (Å²) in [5.41, 5.74) is 10.0. The summed E-state index contributed by atoms with van der Waals surface area (Å²) in [6, 6.07) is 15.8. The average Bonchev–Trinajstić information content (AvgIpc) is 2.80. The minimum absolute atomic E-state index is 0.0582. The van der Waals surface area contributed by atoms with Gasteiger partial charge in [0.05, 0.1) is 29.1 Å². The van der Waals surface area contributed by atoms with E-state index in [1.807, 2.05) is 49.5 Å². The van der Waals surface area contributed by atoms with Crippen molar-refractivity contribution in [2.45, 2.75) is 31.8 Å². The van der Waals surface area contributed by atoms with Crippen LogP contribution >= 0.6 is 15.9 Å². The van der Waals surface area contributed by atoms with Crippen molar-refractivity contribution in [2.24, 2.45) is 5.73 Å². The minimum Gasteiger partial charge on any atom is -0.493 e. The number of nitrogens with two attached hydrogens (primary N) is 1. The number of ether oxygens (including phenoxy) is 2. The Morgan fingerprint density at radius 1 is 1.25 bits per heavy atom. The van der Waals surface area contributed by atoms with Crippen molar-refractivity contribution < 1.29 is 14.3 Å². The van der Waals surface area contributed by atoms with Crippen LogP contribution in [-0.2, 0) is 11.4 Å². The van der Waals surface area contributed by atoms with Crippen LogP contribution < -0.4 is 15.2 Å². The van der Waals surface area contributed by atoms with Crippen LogP contribution in [0.4, 0.5) is 0 Å². The van der Waals surface area contributed by atoms with Crippen LogP contribution in [0.2, 0.25) is 0 Å². The van der Waals surface area contributed by atoms with Crippen LogP contribution in [0.15, 0.2) is 69.6 Å². The zero-order chi connectivity index (χ0) is 22.8. The molecule has 1 atom stereocenters. The lowest BCUT2D eigenvalue weighted by Gasteiger charge is -2.37. The fourth-order valence-corrected chi connectivity index (χ4v) is 4.95. The monoisotopic (exact) mass is 493 g/mol. The highest BCUT2D eigenvalue weighted by molar-refractivity contribution is 9.10. The third-order valence-corrected chi connectivity index (χ3v) is 6.57. The molecule has 0 amide bonds. The van der Waals surface area contributed by atoms with E-state index in [-0.39, 0.29) is 5.78 Å². The number of hydrogen-bond acceptors (Lipinski definition) is 6. The highest BCUT2D eigenvalue weighted by atomic mass is 79.9. The Bertz CT molecular complexity index is 1160. The molecule has 2 aromatic rings. The van der Waals surface area contributed by atoms with E-state index in [0.29, 0.717) is 46.0 Å². The first-order valence-corrected chi connectivity index (χ1v) is 11.2. The first kappa shape index (κ1) is 22.0. The molecule has 4 rings (SSSR count). The van der Waals surface area contributed by atoms with Crippen LogP contribution in [0.3, 0.4) is 0 Å². The van der Waals surface area contributed by atoms with E-state index in [1.165, 1.54) is 0 Å². The second-order valence-corrected chi connectivity index (χ2v) is 8.70. The van der Waals surface area contributed by atoms with Gasteiger partial charge in [0.25, 0.3) is 0 Å². The van der Waals surface area contributed by atoms with Gasteiger partial charge in [-0.1, -0.05) is 30.3 Å². The Labute approximate surface area is 196 Å². The van der Waals surface area contributed by atoms with Crippen molar-refractivity contribution in [1.29, 1.82) is 5.26 Å². The van der Waals surface area contributed by atoms with Crippen molar-refractivity contribution in [3.63, 3.8) is 0 Å². The second-order valence-electron chi connectivity index (χ2n) is 7.85. The van der Waals surface area contributed by atoms with E-state index in [9.17, 15) is 10.1 Å². The van der Waals surface area contributed by atoms with E-state index in [1.54, 1.807) is 12.0 Å². The largest absolute Gasteiger partial charge is 0.493 e. The number of methoxy groups -OCH3 is 1. The van der Waals surface area contributed by atoms with Gasteiger partial charge in [0, 0.05) is 24.7 Å². The van der Waals surface area contributed by atoms with Gasteiger partial charge in [-0.15, -0.1) is 0 Å². The van der Waals surface area contributed by atoms with Crippen molar-refractivity contribution in [2.75, 3.05) is 14.2 Å². The van der Waals surface area contributed by atoms with E-state index < -0.39 is 5.92 Å². The number of rotatable bonds is 5. The van der Waals surface area contributed by atoms with E-state index in [4.69, 9.17) is 15.2 Å². The summed E-state index contributed by atoms with van der Waals surface area (Å²) in [5.74, 6) is 0.985. The molecule has 0 saturated heterocycles. The van der Waals surface area contributed by atoms with Crippen molar-refractivity contribution in [1.82, 2.24) is 4.90 Å². The fourth-order valence-electron chi connectivity index (χ4n) is 4.37. The van der Waals surface area contributed by atoms with Crippen molar-refractivity contribution in [3.05, 3.63) is 80.7 Å². The molecule has 1 aliphatic heterocycles. The van der Waals surface area contributed by atoms with Gasteiger partial charge in [0.2, 0.25) is 0 Å².